The van der Waals surface area contributed by atoms with E-state index in [2.05, 4.69) is 5.32 Å². The zero-order valence-corrected chi connectivity index (χ0v) is 10.8. The van der Waals surface area contributed by atoms with Gasteiger partial charge in [0.05, 0.1) is 18.4 Å². The predicted octanol–water partition coefficient (Wildman–Crippen LogP) is 3.98. The van der Waals surface area contributed by atoms with Gasteiger partial charge in [0.2, 0.25) is 0 Å². The van der Waals surface area contributed by atoms with Crippen molar-refractivity contribution in [2.24, 2.45) is 0 Å². The van der Waals surface area contributed by atoms with Crippen LogP contribution in [0, 0.1) is 5.82 Å². The lowest BCUT2D eigenvalue weighted by Gasteiger charge is -2.16. The van der Waals surface area contributed by atoms with Gasteiger partial charge in [0.1, 0.15) is 5.82 Å². The predicted molar refractivity (Wildman–Crippen MR) is 72.3 cm³/mol. The van der Waals surface area contributed by atoms with E-state index in [4.69, 9.17) is 4.74 Å². The second kappa shape index (κ2) is 7.37. The minimum atomic E-state index is -0.202. The molecular formula is C15H22FNO. The van der Waals surface area contributed by atoms with E-state index < -0.39 is 0 Å². The Bertz CT molecular complexity index is 348. The van der Waals surface area contributed by atoms with Crippen molar-refractivity contribution in [1.29, 1.82) is 0 Å². The van der Waals surface area contributed by atoms with E-state index in [9.17, 15) is 4.39 Å². The highest BCUT2D eigenvalue weighted by Crippen LogP contribution is 2.19. The molecule has 0 aromatic heterocycles. The van der Waals surface area contributed by atoms with E-state index in [1.807, 2.05) is 6.07 Å². The molecule has 0 spiro atoms. The number of anilines is 1. The first-order valence-electron chi connectivity index (χ1n) is 6.96. The molecule has 0 amide bonds. The molecule has 1 aromatic carbocycles. The van der Waals surface area contributed by atoms with Crippen molar-refractivity contribution in [1.82, 2.24) is 0 Å². The van der Waals surface area contributed by atoms with E-state index in [1.165, 1.54) is 44.6 Å². The summed E-state index contributed by atoms with van der Waals surface area (Å²) < 4.78 is 19.2. The fraction of sp³-hybridized carbons (Fsp3) is 0.600. The monoisotopic (exact) mass is 251 g/mol. The van der Waals surface area contributed by atoms with E-state index in [-0.39, 0.29) is 5.82 Å². The molecule has 1 aliphatic carbocycles. The van der Waals surface area contributed by atoms with Crippen LogP contribution in [-0.4, -0.2) is 19.3 Å². The lowest BCUT2D eigenvalue weighted by Crippen LogP contribution is -2.17. The second-order valence-corrected chi connectivity index (χ2v) is 4.89. The standard InChI is InChI=1S/C15H22FNO/c16-14-9-5-6-10-15(14)17-11-12-18-13-7-3-1-2-4-8-13/h5-6,9-10,13,17H,1-4,7-8,11-12H2. The first-order chi connectivity index (χ1) is 8.86. The highest BCUT2D eigenvalue weighted by Gasteiger charge is 2.11. The van der Waals surface area contributed by atoms with Crippen LogP contribution in [0.1, 0.15) is 38.5 Å². The lowest BCUT2D eigenvalue weighted by molar-refractivity contribution is 0.0501. The van der Waals surface area contributed by atoms with E-state index in [0.29, 0.717) is 24.9 Å². The van der Waals surface area contributed by atoms with Crippen molar-refractivity contribution in [3.8, 4) is 0 Å². The smallest absolute Gasteiger partial charge is 0.146 e. The molecule has 1 saturated carbocycles. The van der Waals surface area contributed by atoms with Gasteiger partial charge in [-0.15, -0.1) is 0 Å². The molecule has 0 aliphatic heterocycles. The number of hydrogen-bond donors (Lipinski definition) is 1. The van der Waals surface area contributed by atoms with Gasteiger partial charge in [-0.05, 0) is 25.0 Å². The summed E-state index contributed by atoms with van der Waals surface area (Å²) in [6.07, 6.45) is 8.02. The average molecular weight is 251 g/mol. The summed E-state index contributed by atoms with van der Waals surface area (Å²) >= 11 is 0. The molecule has 0 atom stereocenters. The topological polar surface area (TPSA) is 21.3 Å². The Morgan fingerprint density at radius 2 is 1.83 bits per heavy atom. The highest BCUT2D eigenvalue weighted by atomic mass is 19.1. The van der Waals surface area contributed by atoms with Crippen LogP contribution in [0.5, 0.6) is 0 Å². The third-order valence-electron chi connectivity index (χ3n) is 3.45. The minimum Gasteiger partial charge on any atom is -0.380 e. The molecule has 1 aromatic rings. The van der Waals surface area contributed by atoms with Gasteiger partial charge < -0.3 is 10.1 Å². The third kappa shape index (κ3) is 4.30. The van der Waals surface area contributed by atoms with Crippen LogP contribution in [0.25, 0.3) is 0 Å². The van der Waals surface area contributed by atoms with Gasteiger partial charge in [0.25, 0.3) is 0 Å². The Kier molecular flexibility index (Phi) is 5.46. The number of ether oxygens (including phenoxy) is 1. The Hall–Kier alpha value is -1.09. The summed E-state index contributed by atoms with van der Waals surface area (Å²) in [5.41, 5.74) is 0.557. The number of nitrogens with one attached hydrogen (secondary N) is 1. The van der Waals surface area contributed by atoms with Crippen molar-refractivity contribution < 1.29 is 9.13 Å². The molecule has 3 heteroatoms. The molecule has 0 saturated heterocycles. The molecule has 0 heterocycles. The normalized spacial score (nSPS) is 17.4. The molecule has 18 heavy (non-hydrogen) atoms. The maximum absolute atomic E-state index is 13.3. The van der Waals surface area contributed by atoms with Crippen molar-refractivity contribution in [2.75, 3.05) is 18.5 Å². The zero-order valence-electron chi connectivity index (χ0n) is 10.8. The van der Waals surface area contributed by atoms with Crippen LogP contribution in [0.4, 0.5) is 10.1 Å². The molecule has 1 N–H and O–H groups in total. The summed E-state index contributed by atoms with van der Waals surface area (Å²) in [6.45, 7) is 1.32. The first kappa shape index (κ1) is 13.3. The summed E-state index contributed by atoms with van der Waals surface area (Å²) in [7, 11) is 0. The number of halogens is 1. The van der Waals surface area contributed by atoms with Crippen molar-refractivity contribution in [3.05, 3.63) is 30.1 Å². The van der Waals surface area contributed by atoms with Crippen LogP contribution in [0.3, 0.4) is 0 Å². The van der Waals surface area contributed by atoms with Gasteiger partial charge >= 0.3 is 0 Å². The summed E-state index contributed by atoms with van der Waals surface area (Å²) in [4.78, 5) is 0. The zero-order chi connectivity index (χ0) is 12.6. The molecule has 0 bridgehead atoms. The molecular weight excluding hydrogens is 229 g/mol. The molecule has 0 unspecified atom stereocenters. The fourth-order valence-electron chi connectivity index (χ4n) is 2.42. The molecule has 2 rings (SSSR count). The Morgan fingerprint density at radius 1 is 1.11 bits per heavy atom. The van der Waals surface area contributed by atoms with E-state index in [1.54, 1.807) is 12.1 Å². The molecule has 2 nitrogen and oxygen atoms in total. The van der Waals surface area contributed by atoms with Crippen molar-refractivity contribution in [3.63, 3.8) is 0 Å². The van der Waals surface area contributed by atoms with Gasteiger partial charge in [0.15, 0.2) is 0 Å². The van der Waals surface area contributed by atoms with Crippen LogP contribution >= 0.6 is 0 Å². The molecule has 0 radical (unpaired) electrons. The van der Waals surface area contributed by atoms with Crippen LogP contribution in [-0.2, 0) is 4.74 Å². The van der Waals surface area contributed by atoms with Crippen LogP contribution in [0.2, 0.25) is 0 Å². The summed E-state index contributed by atoms with van der Waals surface area (Å²) in [6, 6.07) is 6.75. The Balaban J connectivity index is 1.65. The highest BCUT2D eigenvalue weighted by molar-refractivity contribution is 5.44. The quantitative estimate of drug-likeness (QED) is 0.631. The lowest BCUT2D eigenvalue weighted by atomic mass is 10.1. The van der Waals surface area contributed by atoms with Crippen LogP contribution in [0.15, 0.2) is 24.3 Å². The number of benzene rings is 1. The largest absolute Gasteiger partial charge is 0.380 e. The third-order valence-corrected chi connectivity index (χ3v) is 3.45. The SMILES string of the molecule is Fc1ccccc1NCCOC1CCCCCC1. The minimum absolute atomic E-state index is 0.202. The van der Waals surface area contributed by atoms with Gasteiger partial charge in [-0.2, -0.15) is 0 Å². The fourth-order valence-corrected chi connectivity index (χ4v) is 2.42. The van der Waals surface area contributed by atoms with Crippen molar-refractivity contribution in [2.45, 2.75) is 44.6 Å². The number of para-hydroxylation sites is 1. The van der Waals surface area contributed by atoms with Gasteiger partial charge in [0, 0.05) is 6.54 Å². The summed E-state index contributed by atoms with van der Waals surface area (Å²) in [5.74, 6) is -0.202. The summed E-state index contributed by atoms with van der Waals surface area (Å²) in [5, 5.41) is 3.07. The van der Waals surface area contributed by atoms with Gasteiger partial charge in [-0.1, -0.05) is 37.8 Å². The first-order valence-corrected chi connectivity index (χ1v) is 6.96. The van der Waals surface area contributed by atoms with Crippen LogP contribution < -0.4 is 5.32 Å². The molecule has 100 valence electrons. The maximum atomic E-state index is 13.3. The average Bonchev–Trinajstić information content (AvgIpc) is 2.65. The Morgan fingerprint density at radius 3 is 2.56 bits per heavy atom. The van der Waals surface area contributed by atoms with Gasteiger partial charge in [-0.3, -0.25) is 0 Å². The maximum Gasteiger partial charge on any atom is 0.146 e. The number of rotatable bonds is 5. The number of hydrogen-bond acceptors (Lipinski definition) is 2. The van der Waals surface area contributed by atoms with E-state index in [0.717, 1.165) is 0 Å². The molecule has 1 aliphatic rings. The van der Waals surface area contributed by atoms with Crippen molar-refractivity contribution >= 4 is 5.69 Å². The second-order valence-electron chi connectivity index (χ2n) is 4.89. The van der Waals surface area contributed by atoms with Gasteiger partial charge in [-0.25, -0.2) is 4.39 Å². The van der Waals surface area contributed by atoms with E-state index >= 15 is 0 Å². The Labute approximate surface area is 109 Å². The molecule has 1 fully saturated rings.